The van der Waals surface area contributed by atoms with Gasteiger partial charge in [0.25, 0.3) is 0 Å². The second-order valence-electron chi connectivity index (χ2n) is 4.51. The predicted molar refractivity (Wildman–Crippen MR) is 61.7 cm³/mol. The molecule has 0 saturated carbocycles. The highest BCUT2D eigenvalue weighted by molar-refractivity contribution is 5.78. The van der Waals surface area contributed by atoms with Crippen molar-refractivity contribution in [3.05, 3.63) is 41.5 Å². The molecule has 2 aliphatic rings. The van der Waals surface area contributed by atoms with Gasteiger partial charge in [0, 0.05) is 5.92 Å². The van der Waals surface area contributed by atoms with Gasteiger partial charge in [-0.05, 0) is 24.0 Å². The minimum absolute atomic E-state index is 0.0200. The molecule has 0 spiro atoms. The molecule has 2 nitrogen and oxygen atoms in total. The lowest BCUT2D eigenvalue weighted by Crippen LogP contribution is -2.15. The van der Waals surface area contributed by atoms with E-state index in [2.05, 4.69) is 24.3 Å². The van der Waals surface area contributed by atoms with Crippen LogP contribution in [0.4, 0.5) is 0 Å². The summed E-state index contributed by atoms with van der Waals surface area (Å²) in [5.74, 6) is 0.297. The van der Waals surface area contributed by atoms with E-state index < -0.39 is 0 Å². The van der Waals surface area contributed by atoms with Crippen LogP contribution in [-0.4, -0.2) is 12.6 Å². The topological polar surface area (TPSA) is 26.3 Å². The van der Waals surface area contributed by atoms with Crippen LogP contribution in [-0.2, 0) is 16.0 Å². The van der Waals surface area contributed by atoms with Crippen LogP contribution in [0, 0.1) is 11.8 Å². The Balaban J connectivity index is 1.97. The number of ether oxygens (including phenoxy) is 1. The largest absolute Gasteiger partial charge is 0.465 e. The Labute approximate surface area is 94.9 Å². The Bertz CT molecular complexity index is 448. The van der Waals surface area contributed by atoms with Crippen molar-refractivity contribution >= 4 is 12.0 Å². The number of cyclic esters (lactones) is 1. The zero-order chi connectivity index (χ0) is 11.0. The van der Waals surface area contributed by atoms with Crippen LogP contribution in [0.2, 0.25) is 0 Å². The van der Waals surface area contributed by atoms with Crippen molar-refractivity contribution in [2.45, 2.75) is 12.8 Å². The normalized spacial score (nSPS) is 27.6. The molecule has 1 heterocycles. The molecule has 3 rings (SSSR count). The molecular weight excluding hydrogens is 200 g/mol. The fourth-order valence-corrected chi connectivity index (χ4v) is 2.55. The van der Waals surface area contributed by atoms with E-state index in [4.69, 9.17) is 4.74 Å². The number of rotatable bonds is 0. The summed E-state index contributed by atoms with van der Waals surface area (Å²) >= 11 is 0. The van der Waals surface area contributed by atoms with Crippen LogP contribution in [0.1, 0.15) is 17.5 Å². The Hall–Kier alpha value is -1.57. The van der Waals surface area contributed by atoms with Gasteiger partial charge in [-0.15, -0.1) is 0 Å². The average molecular weight is 214 g/mol. The average Bonchev–Trinajstić information content (AvgIpc) is 2.62. The van der Waals surface area contributed by atoms with Crippen molar-refractivity contribution in [1.29, 1.82) is 0 Å². The summed E-state index contributed by atoms with van der Waals surface area (Å²) in [5.41, 5.74) is 2.61. The standard InChI is InChI=1S/C14H14O2/c15-14-13-8-7-11-4-2-1-3-10(11)5-6-12(13)9-16-14/h1-4,7-8,12-13H,5-6,9H2/t12-,13-/m0/s1. The molecule has 1 aromatic carbocycles. The second kappa shape index (κ2) is 3.78. The highest BCUT2D eigenvalue weighted by Crippen LogP contribution is 2.31. The van der Waals surface area contributed by atoms with Crippen molar-refractivity contribution in [3.63, 3.8) is 0 Å². The predicted octanol–water partition coefficient (Wildman–Crippen LogP) is 2.44. The first-order valence-electron chi connectivity index (χ1n) is 5.77. The number of benzene rings is 1. The molecule has 82 valence electrons. The lowest BCUT2D eigenvalue weighted by molar-refractivity contribution is -0.140. The molecule has 0 amide bonds. The van der Waals surface area contributed by atoms with Gasteiger partial charge in [-0.1, -0.05) is 36.4 Å². The van der Waals surface area contributed by atoms with Crippen LogP contribution in [0.3, 0.4) is 0 Å². The van der Waals surface area contributed by atoms with E-state index in [0.717, 1.165) is 12.8 Å². The second-order valence-corrected chi connectivity index (χ2v) is 4.51. The molecule has 2 atom stereocenters. The molecule has 0 N–H and O–H groups in total. The number of esters is 1. The third-order valence-corrected chi connectivity index (χ3v) is 3.54. The first-order valence-corrected chi connectivity index (χ1v) is 5.77. The Morgan fingerprint density at radius 2 is 2.12 bits per heavy atom. The Kier molecular flexibility index (Phi) is 2.28. The summed E-state index contributed by atoms with van der Waals surface area (Å²) in [4.78, 5) is 11.5. The summed E-state index contributed by atoms with van der Waals surface area (Å²) in [5, 5.41) is 0. The molecule has 16 heavy (non-hydrogen) atoms. The third kappa shape index (κ3) is 1.54. The van der Waals surface area contributed by atoms with E-state index in [0.29, 0.717) is 12.5 Å². The van der Waals surface area contributed by atoms with Gasteiger partial charge in [0.1, 0.15) is 0 Å². The van der Waals surface area contributed by atoms with Gasteiger partial charge in [-0.2, -0.15) is 0 Å². The van der Waals surface area contributed by atoms with E-state index in [1.807, 2.05) is 12.1 Å². The first kappa shape index (κ1) is 9.64. The fraction of sp³-hybridized carbons (Fsp3) is 0.357. The monoisotopic (exact) mass is 214 g/mol. The van der Waals surface area contributed by atoms with E-state index in [9.17, 15) is 4.79 Å². The number of aryl methyl sites for hydroxylation is 1. The van der Waals surface area contributed by atoms with E-state index in [1.54, 1.807) is 0 Å². The maximum Gasteiger partial charge on any atom is 0.313 e. The molecule has 0 bridgehead atoms. The molecule has 2 heteroatoms. The first-order chi connectivity index (χ1) is 7.84. The summed E-state index contributed by atoms with van der Waals surface area (Å²) in [6, 6.07) is 8.38. The molecule has 0 unspecified atom stereocenters. The third-order valence-electron chi connectivity index (χ3n) is 3.54. The van der Waals surface area contributed by atoms with E-state index >= 15 is 0 Å². The number of fused-ring (bicyclic) bond motifs is 2. The molecule has 0 radical (unpaired) electrons. The summed E-state index contributed by atoms with van der Waals surface area (Å²) in [7, 11) is 0. The van der Waals surface area contributed by atoms with Gasteiger partial charge < -0.3 is 4.74 Å². The van der Waals surface area contributed by atoms with E-state index in [-0.39, 0.29) is 11.9 Å². The Morgan fingerprint density at radius 3 is 3.06 bits per heavy atom. The van der Waals surface area contributed by atoms with Crippen LogP contribution in [0.25, 0.3) is 6.08 Å². The van der Waals surface area contributed by atoms with Crippen molar-refractivity contribution in [2.75, 3.05) is 6.61 Å². The van der Waals surface area contributed by atoms with Gasteiger partial charge in [-0.3, -0.25) is 4.79 Å². The number of carbonyl (C=O) groups excluding carboxylic acids is 1. The van der Waals surface area contributed by atoms with Crippen molar-refractivity contribution < 1.29 is 9.53 Å². The summed E-state index contributed by atoms with van der Waals surface area (Å²) in [6.45, 7) is 0.593. The molecule has 1 aliphatic carbocycles. The smallest absolute Gasteiger partial charge is 0.313 e. The number of hydrogen-bond acceptors (Lipinski definition) is 2. The zero-order valence-electron chi connectivity index (χ0n) is 9.06. The maximum atomic E-state index is 11.5. The van der Waals surface area contributed by atoms with Crippen LogP contribution in [0.15, 0.2) is 30.3 Å². The van der Waals surface area contributed by atoms with Gasteiger partial charge in [0.2, 0.25) is 0 Å². The number of hydrogen-bond donors (Lipinski definition) is 0. The van der Waals surface area contributed by atoms with Gasteiger partial charge >= 0.3 is 5.97 Å². The highest BCUT2D eigenvalue weighted by Gasteiger charge is 2.35. The lowest BCUT2D eigenvalue weighted by atomic mass is 9.85. The Morgan fingerprint density at radius 1 is 1.25 bits per heavy atom. The van der Waals surface area contributed by atoms with Gasteiger partial charge in [-0.25, -0.2) is 0 Å². The van der Waals surface area contributed by atoms with Crippen molar-refractivity contribution in [3.8, 4) is 0 Å². The zero-order valence-corrected chi connectivity index (χ0v) is 9.06. The minimum Gasteiger partial charge on any atom is -0.465 e. The van der Waals surface area contributed by atoms with Crippen molar-refractivity contribution in [2.24, 2.45) is 11.8 Å². The van der Waals surface area contributed by atoms with Gasteiger partial charge in [0.15, 0.2) is 0 Å². The quantitative estimate of drug-likeness (QED) is 0.620. The van der Waals surface area contributed by atoms with Gasteiger partial charge in [0.05, 0.1) is 12.5 Å². The highest BCUT2D eigenvalue weighted by atomic mass is 16.5. The minimum atomic E-state index is -0.0550. The van der Waals surface area contributed by atoms with Crippen LogP contribution in [0.5, 0.6) is 0 Å². The number of carbonyl (C=O) groups is 1. The summed E-state index contributed by atoms with van der Waals surface area (Å²) in [6.07, 6.45) is 6.16. The van der Waals surface area contributed by atoms with E-state index in [1.165, 1.54) is 11.1 Å². The molecule has 1 aliphatic heterocycles. The SMILES string of the molecule is O=C1OC[C@@H]2CCc3ccccc3C=C[C@H]12. The van der Waals surface area contributed by atoms with Crippen LogP contribution < -0.4 is 0 Å². The molecule has 1 aromatic rings. The summed E-state index contributed by atoms with van der Waals surface area (Å²) < 4.78 is 5.12. The molecule has 0 aromatic heterocycles. The lowest BCUT2D eigenvalue weighted by Gasteiger charge is -2.16. The van der Waals surface area contributed by atoms with Crippen LogP contribution >= 0.6 is 0 Å². The van der Waals surface area contributed by atoms with Crippen molar-refractivity contribution in [1.82, 2.24) is 0 Å². The molecule has 1 saturated heterocycles. The molecular formula is C14H14O2. The maximum absolute atomic E-state index is 11.5. The fourth-order valence-electron chi connectivity index (χ4n) is 2.55. The molecule has 1 fully saturated rings.